The molecule has 4 heteroatoms. The lowest BCUT2D eigenvalue weighted by Gasteiger charge is -2.44. The lowest BCUT2D eigenvalue weighted by molar-refractivity contribution is -0.0763. The second kappa shape index (κ2) is 6.20. The zero-order valence-electron chi connectivity index (χ0n) is 12.6. The Bertz CT molecular complexity index is 456. The summed E-state index contributed by atoms with van der Waals surface area (Å²) in [6.45, 7) is 4.24. The van der Waals surface area contributed by atoms with Crippen LogP contribution in [0.4, 0.5) is 4.39 Å². The minimum Gasteiger partial charge on any atom is -0.376 e. The van der Waals surface area contributed by atoms with E-state index in [-0.39, 0.29) is 17.5 Å². The minimum absolute atomic E-state index is 0.185. The van der Waals surface area contributed by atoms with E-state index in [4.69, 9.17) is 10.6 Å². The lowest BCUT2D eigenvalue weighted by atomic mass is 9.73. The Balaban J connectivity index is 2.36. The molecule has 20 heavy (non-hydrogen) atoms. The Labute approximate surface area is 120 Å². The van der Waals surface area contributed by atoms with Crippen molar-refractivity contribution in [3.05, 3.63) is 35.1 Å². The highest BCUT2D eigenvalue weighted by Crippen LogP contribution is 2.43. The molecule has 0 aliphatic heterocycles. The van der Waals surface area contributed by atoms with Crippen LogP contribution < -0.4 is 11.3 Å². The number of halogens is 1. The number of hydrazine groups is 1. The fourth-order valence-corrected chi connectivity index (χ4v) is 3.31. The van der Waals surface area contributed by atoms with Gasteiger partial charge in [-0.1, -0.05) is 13.0 Å². The molecule has 112 valence electrons. The van der Waals surface area contributed by atoms with E-state index in [9.17, 15) is 4.39 Å². The molecule has 0 spiro atoms. The van der Waals surface area contributed by atoms with E-state index < -0.39 is 0 Å². The number of hydrogen-bond acceptors (Lipinski definition) is 3. The van der Waals surface area contributed by atoms with Crippen LogP contribution in [0.15, 0.2) is 18.2 Å². The molecular formula is C16H25FN2O. The van der Waals surface area contributed by atoms with Crippen molar-refractivity contribution >= 4 is 0 Å². The molecule has 1 fully saturated rings. The first-order chi connectivity index (χ1) is 9.52. The standard InChI is InChI=1S/C16H25FN2O/c1-11-6-8-16(20-3,9-7-11)15(19-18)14-10-13(17)5-4-12(14)2/h4-5,10-11,15,19H,6-9,18H2,1-3H3. The van der Waals surface area contributed by atoms with Crippen LogP contribution in [0.5, 0.6) is 0 Å². The molecule has 0 saturated heterocycles. The van der Waals surface area contributed by atoms with E-state index >= 15 is 0 Å². The molecule has 0 aromatic heterocycles. The molecule has 0 heterocycles. The van der Waals surface area contributed by atoms with Crippen molar-refractivity contribution in [2.75, 3.05) is 7.11 Å². The quantitative estimate of drug-likeness (QED) is 0.657. The predicted octanol–water partition coefficient (Wildman–Crippen LogP) is 3.23. The molecule has 3 N–H and O–H groups in total. The van der Waals surface area contributed by atoms with Gasteiger partial charge >= 0.3 is 0 Å². The molecule has 1 unspecified atom stereocenters. The van der Waals surface area contributed by atoms with E-state index in [0.29, 0.717) is 5.92 Å². The molecule has 0 amide bonds. The van der Waals surface area contributed by atoms with Gasteiger partial charge in [0.1, 0.15) is 5.82 Å². The van der Waals surface area contributed by atoms with Crippen LogP contribution in [0.3, 0.4) is 0 Å². The molecule has 1 aromatic rings. The van der Waals surface area contributed by atoms with Crippen molar-refractivity contribution < 1.29 is 9.13 Å². The lowest BCUT2D eigenvalue weighted by Crippen LogP contribution is -2.50. The zero-order chi connectivity index (χ0) is 14.8. The third-order valence-electron chi connectivity index (χ3n) is 4.77. The maximum atomic E-state index is 13.6. The molecule has 1 atom stereocenters. The van der Waals surface area contributed by atoms with Crippen LogP contribution >= 0.6 is 0 Å². The van der Waals surface area contributed by atoms with E-state index in [1.165, 1.54) is 6.07 Å². The van der Waals surface area contributed by atoms with Gasteiger partial charge in [-0.3, -0.25) is 11.3 Å². The van der Waals surface area contributed by atoms with Crippen LogP contribution in [0, 0.1) is 18.7 Å². The van der Waals surface area contributed by atoms with Crippen LogP contribution in [0.1, 0.15) is 49.8 Å². The van der Waals surface area contributed by atoms with Gasteiger partial charge in [-0.15, -0.1) is 0 Å². The Kier molecular flexibility index (Phi) is 4.78. The summed E-state index contributed by atoms with van der Waals surface area (Å²) in [5, 5.41) is 0. The Morgan fingerprint density at radius 3 is 2.60 bits per heavy atom. The van der Waals surface area contributed by atoms with E-state index in [0.717, 1.165) is 36.8 Å². The minimum atomic E-state index is -0.347. The molecule has 1 aliphatic rings. The maximum Gasteiger partial charge on any atom is 0.123 e. The van der Waals surface area contributed by atoms with Crippen LogP contribution in [-0.2, 0) is 4.74 Å². The number of rotatable bonds is 4. The fraction of sp³-hybridized carbons (Fsp3) is 0.625. The topological polar surface area (TPSA) is 47.3 Å². The third-order valence-corrected chi connectivity index (χ3v) is 4.77. The van der Waals surface area contributed by atoms with Gasteiger partial charge in [-0.25, -0.2) is 4.39 Å². The van der Waals surface area contributed by atoms with Crippen molar-refractivity contribution in [3.63, 3.8) is 0 Å². The highest BCUT2D eigenvalue weighted by atomic mass is 19.1. The molecule has 0 bridgehead atoms. The first-order valence-electron chi connectivity index (χ1n) is 7.30. The number of aryl methyl sites for hydroxylation is 1. The highest BCUT2D eigenvalue weighted by Gasteiger charge is 2.42. The van der Waals surface area contributed by atoms with Crippen molar-refractivity contribution in [2.24, 2.45) is 11.8 Å². The SMILES string of the molecule is COC1(C(NN)c2cc(F)ccc2C)CCC(C)CC1. The largest absolute Gasteiger partial charge is 0.376 e. The van der Waals surface area contributed by atoms with Gasteiger partial charge in [0.05, 0.1) is 11.6 Å². The molecule has 0 radical (unpaired) electrons. The van der Waals surface area contributed by atoms with Gasteiger partial charge in [0.2, 0.25) is 0 Å². The van der Waals surface area contributed by atoms with E-state index in [1.54, 1.807) is 19.2 Å². The smallest absolute Gasteiger partial charge is 0.123 e. The zero-order valence-corrected chi connectivity index (χ0v) is 12.6. The Morgan fingerprint density at radius 2 is 2.05 bits per heavy atom. The number of methoxy groups -OCH3 is 1. The summed E-state index contributed by atoms with van der Waals surface area (Å²) in [5.41, 5.74) is 4.45. The van der Waals surface area contributed by atoms with E-state index in [2.05, 4.69) is 12.3 Å². The van der Waals surface area contributed by atoms with E-state index in [1.807, 2.05) is 6.92 Å². The van der Waals surface area contributed by atoms with Gasteiger partial charge in [-0.2, -0.15) is 0 Å². The summed E-state index contributed by atoms with van der Waals surface area (Å²) >= 11 is 0. The van der Waals surface area contributed by atoms with Crippen molar-refractivity contribution in [1.29, 1.82) is 0 Å². The third kappa shape index (κ3) is 2.87. The molecule has 1 aromatic carbocycles. The highest BCUT2D eigenvalue weighted by molar-refractivity contribution is 5.32. The first kappa shape index (κ1) is 15.4. The number of hydrogen-bond donors (Lipinski definition) is 2. The van der Waals surface area contributed by atoms with Crippen molar-refractivity contribution in [1.82, 2.24) is 5.43 Å². The van der Waals surface area contributed by atoms with Crippen LogP contribution in [0.25, 0.3) is 0 Å². The molecule has 1 aliphatic carbocycles. The summed E-state index contributed by atoms with van der Waals surface area (Å²) in [5.74, 6) is 6.28. The summed E-state index contributed by atoms with van der Waals surface area (Å²) in [7, 11) is 1.73. The van der Waals surface area contributed by atoms with Gasteiger partial charge in [0.15, 0.2) is 0 Å². The normalized spacial score (nSPS) is 28.4. The summed E-state index contributed by atoms with van der Waals surface area (Å²) in [4.78, 5) is 0. The maximum absolute atomic E-state index is 13.6. The van der Waals surface area contributed by atoms with Gasteiger partial charge in [0.25, 0.3) is 0 Å². The van der Waals surface area contributed by atoms with Gasteiger partial charge in [-0.05, 0) is 61.8 Å². The average molecular weight is 280 g/mol. The van der Waals surface area contributed by atoms with Gasteiger partial charge in [0, 0.05) is 7.11 Å². The first-order valence-corrected chi connectivity index (χ1v) is 7.30. The van der Waals surface area contributed by atoms with Crippen molar-refractivity contribution in [2.45, 2.75) is 51.2 Å². The monoisotopic (exact) mass is 280 g/mol. The Hall–Kier alpha value is -0.970. The number of ether oxygens (including phenoxy) is 1. The molecule has 3 nitrogen and oxygen atoms in total. The molecular weight excluding hydrogens is 255 g/mol. The molecule has 1 saturated carbocycles. The number of benzene rings is 1. The second-order valence-electron chi connectivity index (χ2n) is 6.05. The summed E-state index contributed by atoms with van der Waals surface area (Å²) in [6, 6.07) is 4.66. The van der Waals surface area contributed by atoms with Crippen molar-refractivity contribution in [3.8, 4) is 0 Å². The summed E-state index contributed by atoms with van der Waals surface area (Å²) < 4.78 is 19.5. The predicted molar refractivity (Wildman–Crippen MR) is 78.6 cm³/mol. The second-order valence-corrected chi connectivity index (χ2v) is 6.05. The fourth-order valence-electron chi connectivity index (χ4n) is 3.31. The van der Waals surface area contributed by atoms with Crippen LogP contribution in [-0.4, -0.2) is 12.7 Å². The molecule has 2 rings (SSSR count). The number of nitrogens with two attached hydrogens (primary N) is 1. The summed E-state index contributed by atoms with van der Waals surface area (Å²) in [6.07, 6.45) is 4.10. The Morgan fingerprint density at radius 1 is 1.40 bits per heavy atom. The van der Waals surface area contributed by atoms with Crippen LogP contribution in [0.2, 0.25) is 0 Å². The number of nitrogens with one attached hydrogen (secondary N) is 1. The van der Waals surface area contributed by atoms with Gasteiger partial charge < -0.3 is 4.74 Å². The average Bonchev–Trinajstić information content (AvgIpc) is 2.45.